The van der Waals surface area contributed by atoms with E-state index in [1.807, 2.05) is 0 Å². The quantitative estimate of drug-likeness (QED) is 0.627. The molecular weight excluding hydrogens is 244 g/mol. The number of hydrogen-bond donors (Lipinski definition) is 0. The van der Waals surface area contributed by atoms with Crippen molar-refractivity contribution < 1.29 is 0 Å². The van der Waals surface area contributed by atoms with Gasteiger partial charge < -0.3 is 0 Å². The summed E-state index contributed by atoms with van der Waals surface area (Å²) in [5, 5.41) is 0. The van der Waals surface area contributed by atoms with Gasteiger partial charge >= 0.3 is 0 Å². The van der Waals surface area contributed by atoms with E-state index in [1.54, 1.807) is 12.3 Å². The standard InChI is InChI=1S/C10H28P4/c1-11(2)13(5,6)9-10-14(7,8)12(3)4/h9-10H2,1-8H3/q+2. The van der Waals surface area contributed by atoms with Gasteiger partial charge in [0.25, 0.3) is 0 Å². The normalized spacial score (nSPS) is 14.1. The summed E-state index contributed by atoms with van der Waals surface area (Å²) in [6.45, 7) is 19.0. The maximum Gasteiger partial charge on any atom is 0.0947 e. The molecule has 0 spiro atoms. The summed E-state index contributed by atoms with van der Waals surface area (Å²) in [7, 11) is 0.640. The van der Waals surface area contributed by atoms with Gasteiger partial charge in [-0.2, -0.15) is 0 Å². The SMILES string of the molecule is CP(C)[P+](C)(C)CC[P+](C)(C)P(C)C. The predicted octanol–water partition coefficient (Wildman–Crippen LogP) is 4.85. The Labute approximate surface area is 95.0 Å². The monoisotopic (exact) mass is 272 g/mol. The molecule has 0 amide bonds. The minimum absolute atomic E-state index is 0.320. The molecule has 0 atom stereocenters. The lowest BCUT2D eigenvalue weighted by Crippen LogP contribution is -2.02. The molecule has 0 aromatic carbocycles. The Morgan fingerprint density at radius 2 is 0.857 bits per heavy atom. The van der Waals surface area contributed by atoms with E-state index >= 15 is 0 Å². The second-order valence-corrected chi connectivity index (χ2v) is 27.4. The maximum atomic E-state index is 2.56. The van der Waals surface area contributed by atoms with E-state index < -0.39 is 13.9 Å². The summed E-state index contributed by atoms with van der Waals surface area (Å²) < 4.78 is 0. The molecule has 0 aromatic rings. The van der Waals surface area contributed by atoms with Crippen LogP contribution in [0.5, 0.6) is 0 Å². The second-order valence-electron chi connectivity index (χ2n) is 5.38. The molecule has 0 aliphatic heterocycles. The molecule has 14 heavy (non-hydrogen) atoms. The maximum absolute atomic E-state index is 2.56. The summed E-state index contributed by atoms with van der Waals surface area (Å²) >= 11 is 0. The van der Waals surface area contributed by atoms with E-state index in [2.05, 4.69) is 53.3 Å². The van der Waals surface area contributed by atoms with E-state index in [4.69, 9.17) is 0 Å². The highest BCUT2D eigenvalue weighted by atomic mass is 32.1. The molecule has 0 heterocycles. The second kappa shape index (κ2) is 5.87. The number of rotatable bonds is 5. The van der Waals surface area contributed by atoms with Crippen LogP contribution in [0.2, 0.25) is 0 Å². The van der Waals surface area contributed by atoms with Crippen LogP contribution >= 0.6 is 29.1 Å². The first-order valence-corrected chi connectivity index (χ1v) is 16.7. The molecule has 0 aromatic heterocycles. The summed E-state index contributed by atoms with van der Waals surface area (Å²) in [4.78, 5) is 0. The highest BCUT2D eigenvalue weighted by Crippen LogP contribution is 2.81. The molecule has 0 rings (SSSR count). The van der Waals surface area contributed by atoms with Crippen LogP contribution in [0.15, 0.2) is 0 Å². The minimum Gasteiger partial charge on any atom is -0.00916 e. The molecule has 86 valence electrons. The fourth-order valence-corrected chi connectivity index (χ4v) is 9.61. The van der Waals surface area contributed by atoms with Gasteiger partial charge in [-0.3, -0.25) is 0 Å². The van der Waals surface area contributed by atoms with Gasteiger partial charge in [-0.05, 0) is 26.7 Å². The van der Waals surface area contributed by atoms with Crippen LogP contribution in [0.3, 0.4) is 0 Å². The smallest absolute Gasteiger partial charge is 0.00916 e. The van der Waals surface area contributed by atoms with Crippen molar-refractivity contribution in [1.29, 1.82) is 0 Å². The van der Waals surface area contributed by atoms with E-state index in [1.165, 1.54) is 0 Å². The Morgan fingerprint density at radius 3 is 1.00 bits per heavy atom. The molecule has 0 radical (unpaired) electrons. The average Bonchev–Trinajstić information content (AvgIpc) is 2.01. The fourth-order valence-electron chi connectivity index (χ4n) is 0.889. The van der Waals surface area contributed by atoms with Crippen LogP contribution < -0.4 is 0 Å². The Morgan fingerprint density at radius 1 is 0.643 bits per heavy atom. The topological polar surface area (TPSA) is 0 Å². The Balaban J connectivity index is 4.18. The number of hydrogen-bond acceptors (Lipinski definition) is 0. The Kier molecular flexibility index (Phi) is 6.60. The van der Waals surface area contributed by atoms with Gasteiger partial charge in [0.2, 0.25) is 0 Å². The summed E-state index contributed by atoms with van der Waals surface area (Å²) in [5.74, 6) is 0. The average molecular weight is 272 g/mol. The molecule has 0 aliphatic carbocycles. The van der Waals surface area contributed by atoms with Crippen LogP contribution in [-0.4, -0.2) is 65.6 Å². The largest absolute Gasteiger partial charge is 0.0947 e. The van der Waals surface area contributed by atoms with Crippen LogP contribution in [0.25, 0.3) is 0 Å². The Bertz CT molecular complexity index is 153. The third kappa shape index (κ3) is 5.17. The zero-order valence-corrected chi connectivity index (χ0v) is 14.8. The van der Waals surface area contributed by atoms with Crippen molar-refractivity contribution in [3.05, 3.63) is 0 Å². The molecule has 0 N–H and O–H groups in total. The minimum atomic E-state index is -0.548. The third-order valence-electron chi connectivity index (χ3n) is 3.36. The zero-order valence-electron chi connectivity index (χ0n) is 11.2. The Hall–Kier alpha value is 1.72. The van der Waals surface area contributed by atoms with Crippen molar-refractivity contribution in [2.24, 2.45) is 0 Å². The third-order valence-corrected chi connectivity index (χ3v) is 24.9. The molecule has 0 nitrogen and oxygen atoms in total. The highest BCUT2D eigenvalue weighted by Gasteiger charge is 2.37. The zero-order chi connectivity index (χ0) is 11.6. The van der Waals surface area contributed by atoms with Gasteiger partial charge in [0.1, 0.15) is 0 Å². The molecule has 0 bridgehead atoms. The van der Waals surface area contributed by atoms with Gasteiger partial charge in [-0.25, -0.2) is 0 Å². The van der Waals surface area contributed by atoms with Crippen LogP contribution in [0, 0.1) is 0 Å². The molecule has 0 unspecified atom stereocenters. The van der Waals surface area contributed by atoms with Crippen molar-refractivity contribution in [2.75, 3.05) is 65.6 Å². The lowest BCUT2D eigenvalue weighted by atomic mass is 11.0. The van der Waals surface area contributed by atoms with E-state index in [9.17, 15) is 0 Å². The molecular formula is C10H28P4+2. The summed E-state index contributed by atoms with van der Waals surface area (Å²) in [6, 6.07) is 0. The van der Waals surface area contributed by atoms with Gasteiger partial charge in [0, 0.05) is 29.1 Å². The molecule has 0 saturated heterocycles. The molecule has 0 aliphatic rings. The van der Waals surface area contributed by atoms with Crippen LogP contribution in [-0.2, 0) is 0 Å². The molecule has 4 heteroatoms. The first kappa shape index (κ1) is 15.7. The summed E-state index contributed by atoms with van der Waals surface area (Å²) in [6.07, 6.45) is 3.10. The van der Waals surface area contributed by atoms with Crippen molar-refractivity contribution in [1.82, 2.24) is 0 Å². The molecule has 0 saturated carbocycles. The van der Waals surface area contributed by atoms with E-state index in [-0.39, 0.29) is 0 Å². The van der Waals surface area contributed by atoms with Crippen molar-refractivity contribution in [3.63, 3.8) is 0 Å². The van der Waals surface area contributed by atoms with Crippen LogP contribution in [0.4, 0.5) is 0 Å². The van der Waals surface area contributed by atoms with Crippen LogP contribution in [0.1, 0.15) is 0 Å². The van der Waals surface area contributed by atoms with Gasteiger partial charge in [-0.1, -0.05) is 0 Å². The lowest BCUT2D eigenvalue weighted by molar-refractivity contribution is 1.48. The predicted molar refractivity (Wildman–Crippen MR) is 84.8 cm³/mol. The van der Waals surface area contributed by atoms with Gasteiger partial charge in [0.15, 0.2) is 0 Å². The summed E-state index contributed by atoms with van der Waals surface area (Å²) in [5.41, 5.74) is 0. The van der Waals surface area contributed by atoms with Gasteiger partial charge in [0.05, 0.1) is 39.0 Å². The first-order valence-electron chi connectivity index (χ1n) is 5.11. The lowest BCUT2D eigenvalue weighted by Gasteiger charge is -2.27. The first-order chi connectivity index (χ1) is 6.09. The van der Waals surface area contributed by atoms with Crippen molar-refractivity contribution in [2.45, 2.75) is 0 Å². The van der Waals surface area contributed by atoms with Crippen molar-refractivity contribution in [3.8, 4) is 0 Å². The molecule has 0 fully saturated rings. The van der Waals surface area contributed by atoms with Crippen molar-refractivity contribution >= 4 is 29.1 Å². The fraction of sp³-hybridized carbons (Fsp3) is 1.00. The van der Waals surface area contributed by atoms with E-state index in [0.29, 0.717) is 15.2 Å². The highest BCUT2D eigenvalue weighted by molar-refractivity contribution is 8.39. The van der Waals surface area contributed by atoms with E-state index in [0.717, 1.165) is 0 Å². The van der Waals surface area contributed by atoms with Gasteiger partial charge in [-0.15, -0.1) is 0 Å².